The third-order valence-corrected chi connectivity index (χ3v) is 6.14. The predicted octanol–water partition coefficient (Wildman–Crippen LogP) is 4.22. The summed E-state index contributed by atoms with van der Waals surface area (Å²) in [6.07, 6.45) is 4.15. The minimum atomic E-state index is -0.386. The van der Waals surface area contributed by atoms with E-state index in [0.29, 0.717) is 5.69 Å². The van der Waals surface area contributed by atoms with Crippen molar-refractivity contribution in [1.82, 2.24) is 0 Å². The van der Waals surface area contributed by atoms with Crippen LogP contribution in [0.3, 0.4) is 0 Å². The van der Waals surface area contributed by atoms with Crippen molar-refractivity contribution in [3.8, 4) is 0 Å². The zero-order chi connectivity index (χ0) is 18.7. The number of hydrogen-bond donors (Lipinski definition) is 0. The molecule has 3 nitrogen and oxygen atoms in total. The van der Waals surface area contributed by atoms with Crippen LogP contribution in [0.25, 0.3) is 5.57 Å². The number of imide groups is 1. The molecule has 1 aliphatic heterocycles. The first kappa shape index (κ1) is 16.2. The molecule has 27 heavy (non-hydrogen) atoms. The highest BCUT2D eigenvalue weighted by molar-refractivity contribution is 6.23. The molecule has 134 valence electrons. The average Bonchev–Trinajstić information content (AvgIpc) is 3.33. The van der Waals surface area contributed by atoms with Crippen LogP contribution in [0.2, 0.25) is 0 Å². The average molecular weight is 359 g/mol. The fourth-order valence-electron chi connectivity index (χ4n) is 4.96. The lowest BCUT2D eigenvalue weighted by Crippen LogP contribution is -2.33. The monoisotopic (exact) mass is 359 g/mol. The highest BCUT2D eigenvalue weighted by Gasteiger charge is 2.62. The van der Waals surface area contributed by atoms with Crippen molar-refractivity contribution >= 4 is 23.1 Å². The second kappa shape index (κ2) is 5.74. The Kier molecular flexibility index (Phi) is 3.44. The molecule has 3 aliphatic rings. The smallest absolute Gasteiger partial charge is 0.238 e. The Morgan fingerprint density at radius 2 is 1.41 bits per heavy atom. The van der Waals surface area contributed by atoms with E-state index in [4.69, 9.17) is 0 Å². The van der Waals surface area contributed by atoms with E-state index in [0.717, 1.165) is 11.1 Å². The van der Waals surface area contributed by atoms with E-state index < -0.39 is 0 Å². The highest BCUT2D eigenvalue weighted by atomic mass is 19.1. The van der Waals surface area contributed by atoms with Gasteiger partial charge < -0.3 is 0 Å². The molecule has 2 amide bonds. The van der Waals surface area contributed by atoms with Gasteiger partial charge in [-0.05, 0) is 42.3 Å². The SMILES string of the molecule is CC(=C1[C@H]2C=C[C@H]1[C@H]1C(=O)N(c3ccc(F)cc3)C(=O)[C@@H]12)c1ccccc1. The largest absolute Gasteiger partial charge is 0.274 e. The number of nitrogens with zero attached hydrogens (tertiary/aromatic N) is 1. The van der Waals surface area contributed by atoms with Gasteiger partial charge in [0.05, 0.1) is 17.5 Å². The molecule has 4 heteroatoms. The van der Waals surface area contributed by atoms with Crippen molar-refractivity contribution in [2.75, 3.05) is 4.90 Å². The maximum Gasteiger partial charge on any atom is 0.238 e. The number of amides is 2. The van der Waals surface area contributed by atoms with E-state index >= 15 is 0 Å². The van der Waals surface area contributed by atoms with Crippen LogP contribution in [-0.2, 0) is 9.59 Å². The number of carbonyl (C=O) groups is 2. The van der Waals surface area contributed by atoms with E-state index in [1.807, 2.05) is 18.2 Å². The van der Waals surface area contributed by atoms with Crippen LogP contribution >= 0.6 is 0 Å². The Labute approximate surface area is 156 Å². The first-order valence-corrected chi connectivity index (χ1v) is 9.15. The summed E-state index contributed by atoms with van der Waals surface area (Å²) in [5, 5.41) is 0. The molecule has 0 aromatic heterocycles. The quantitative estimate of drug-likeness (QED) is 0.595. The number of fused-ring (bicyclic) bond motifs is 5. The molecule has 0 radical (unpaired) electrons. The summed E-state index contributed by atoms with van der Waals surface area (Å²) in [4.78, 5) is 27.5. The molecule has 2 fully saturated rings. The Bertz CT molecular complexity index is 972. The Hall–Kier alpha value is -3.01. The molecule has 1 heterocycles. The number of hydrogen-bond acceptors (Lipinski definition) is 2. The lowest BCUT2D eigenvalue weighted by molar-refractivity contribution is -0.122. The van der Waals surface area contributed by atoms with E-state index in [2.05, 4.69) is 31.2 Å². The highest BCUT2D eigenvalue weighted by Crippen LogP contribution is 2.58. The van der Waals surface area contributed by atoms with Crippen LogP contribution in [0.5, 0.6) is 0 Å². The lowest BCUT2D eigenvalue weighted by atomic mass is 9.85. The van der Waals surface area contributed by atoms with Gasteiger partial charge >= 0.3 is 0 Å². The molecule has 0 unspecified atom stereocenters. The number of anilines is 1. The molecule has 0 N–H and O–H groups in total. The Morgan fingerprint density at radius 3 is 1.96 bits per heavy atom. The van der Waals surface area contributed by atoms with Crippen molar-refractivity contribution in [2.24, 2.45) is 23.7 Å². The second-order valence-corrected chi connectivity index (χ2v) is 7.42. The summed E-state index contributed by atoms with van der Waals surface area (Å²) in [5.41, 5.74) is 3.92. The van der Waals surface area contributed by atoms with Crippen molar-refractivity contribution in [1.29, 1.82) is 0 Å². The number of allylic oxidation sites excluding steroid dienone is 4. The Morgan fingerprint density at radius 1 is 0.852 bits per heavy atom. The van der Waals surface area contributed by atoms with Crippen LogP contribution in [-0.4, -0.2) is 11.8 Å². The molecule has 2 aliphatic carbocycles. The maximum absolute atomic E-state index is 13.2. The predicted molar refractivity (Wildman–Crippen MR) is 101 cm³/mol. The van der Waals surface area contributed by atoms with Crippen molar-refractivity contribution in [2.45, 2.75) is 6.92 Å². The van der Waals surface area contributed by atoms with E-state index in [1.54, 1.807) is 0 Å². The van der Waals surface area contributed by atoms with Crippen LogP contribution in [0.1, 0.15) is 12.5 Å². The maximum atomic E-state index is 13.2. The fourth-order valence-corrected chi connectivity index (χ4v) is 4.96. The van der Waals surface area contributed by atoms with Crippen molar-refractivity contribution < 1.29 is 14.0 Å². The molecule has 2 aromatic rings. The number of halogens is 1. The summed E-state index contributed by atoms with van der Waals surface area (Å²) in [7, 11) is 0. The lowest BCUT2D eigenvalue weighted by Gasteiger charge is -2.20. The third-order valence-electron chi connectivity index (χ3n) is 6.14. The summed E-state index contributed by atoms with van der Waals surface area (Å²) in [6.45, 7) is 2.07. The molecule has 0 spiro atoms. The molecular formula is C23H18FNO2. The van der Waals surface area contributed by atoms with E-state index in [1.165, 1.54) is 34.7 Å². The Balaban J connectivity index is 1.55. The minimum Gasteiger partial charge on any atom is -0.274 e. The van der Waals surface area contributed by atoms with Gasteiger partial charge in [0.25, 0.3) is 0 Å². The van der Waals surface area contributed by atoms with Gasteiger partial charge in [-0.2, -0.15) is 0 Å². The van der Waals surface area contributed by atoms with Gasteiger partial charge in [0.1, 0.15) is 5.82 Å². The van der Waals surface area contributed by atoms with Gasteiger partial charge in [-0.25, -0.2) is 9.29 Å². The van der Waals surface area contributed by atoms with Gasteiger partial charge in [-0.15, -0.1) is 0 Å². The fraction of sp³-hybridized carbons (Fsp3) is 0.217. The number of rotatable bonds is 2. The van der Waals surface area contributed by atoms with Crippen molar-refractivity contribution in [3.63, 3.8) is 0 Å². The van der Waals surface area contributed by atoms with Gasteiger partial charge in [0.15, 0.2) is 0 Å². The molecule has 5 rings (SSSR count). The molecule has 2 aromatic carbocycles. The zero-order valence-electron chi connectivity index (χ0n) is 14.8. The van der Waals surface area contributed by atoms with Gasteiger partial charge in [0.2, 0.25) is 11.8 Å². The minimum absolute atomic E-state index is 0.0397. The summed E-state index contributed by atoms with van der Waals surface area (Å²) in [6, 6.07) is 15.6. The normalized spacial score (nSPS) is 28.2. The topological polar surface area (TPSA) is 37.4 Å². The van der Waals surface area contributed by atoms with Crippen LogP contribution in [0.15, 0.2) is 72.3 Å². The first-order chi connectivity index (χ1) is 13.1. The molecule has 1 saturated carbocycles. The van der Waals surface area contributed by atoms with Gasteiger partial charge in [-0.3, -0.25) is 9.59 Å². The van der Waals surface area contributed by atoms with Crippen LogP contribution in [0, 0.1) is 29.5 Å². The zero-order valence-corrected chi connectivity index (χ0v) is 14.8. The van der Waals surface area contributed by atoms with E-state index in [-0.39, 0.29) is 41.3 Å². The first-order valence-electron chi connectivity index (χ1n) is 9.15. The summed E-state index contributed by atoms with van der Waals surface area (Å²) >= 11 is 0. The van der Waals surface area contributed by atoms with Gasteiger partial charge in [0, 0.05) is 11.8 Å². The summed E-state index contributed by atoms with van der Waals surface area (Å²) < 4.78 is 13.2. The number of carbonyl (C=O) groups excluding carboxylic acids is 2. The molecular weight excluding hydrogens is 341 g/mol. The third kappa shape index (κ3) is 2.19. The molecule has 2 bridgehead atoms. The number of benzene rings is 2. The van der Waals surface area contributed by atoms with Gasteiger partial charge in [-0.1, -0.05) is 48.1 Å². The van der Waals surface area contributed by atoms with Crippen LogP contribution < -0.4 is 4.90 Å². The standard InChI is InChI=1S/C23H18FNO2/c1-13(14-5-3-2-4-6-14)19-17-11-12-18(19)21-20(17)22(26)25(23(21)27)16-9-7-15(24)8-10-16/h2-12,17-18,20-21H,1H3/t17-,18-,20-,21-/m1/s1. The second-order valence-electron chi connectivity index (χ2n) is 7.42. The van der Waals surface area contributed by atoms with Crippen molar-refractivity contribution in [3.05, 3.63) is 83.7 Å². The molecule has 1 saturated heterocycles. The summed E-state index contributed by atoms with van der Waals surface area (Å²) in [5.74, 6) is -1.52. The van der Waals surface area contributed by atoms with Crippen LogP contribution in [0.4, 0.5) is 10.1 Å². The molecule has 4 atom stereocenters. The van der Waals surface area contributed by atoms with E-state index in [9.17, 15) is 14.0 Å².